The molecular weight excluding hydrogens is 906 g/mol. The molecule has 358 valence electrons. The molecule has 0 bridgehead atoms. The number of carbonyl (C=O) groups is 9. The number of hydrogen-bond acceptors (Lipinski definition) is 13. The molecular formula is C42H64BrN7O14. The Morgan fingerprint density at radius 2 is 1.02 bits per heavy atom. The van der Waals surface area contributed by atoms with Gasteiger partial charge in [-0.05, 0) is 63.1 Å². The summed E-state index contributed by atoms with van der Waals surface area (Å²) in [5.41, 5.74) is 0.876. The third-order valence-electron chi connectivity index (χ3n) is 10.6. The number of amides is 3. The van der Waals surface area contributed by atoms with Crippen LogP contribution in [0.5, 0.6) is 0 Å². The zero-order chi connectivity index (χ0) is 47.6. The highest BCUT2D eigenvalue weighted by molar-refractivity contribution is 9.10. The number of carboxylic acid groups (broad SMARTS) is 5. The molecule has 3 amide bonds. The van der Waals surface area contributed by atoms with Crippen molar-refractivity contribution >= 4 is 69.3 Å². The quantitative estimate of drug-likeness (QED) is 0.0586. The molecule has 1 saturated heterocycles. The van der Waals surface area contributed by atoms with Gasteiger partial charge in [0, 0.05) is 89.2 Å². The summed E-state index contributed by atoms with van der Waals surface area (Å²) in [5, 5.41) is 51.9. The number of carboxylic acids is 5. The van der Waals surface area contributed by atoms with Crippen LogP contribution >= 0.6 is 15.9 Å². The molecule has 0 spiro atoms. The largest absolute Gasteiger partial charge is 0.480 e. The zero-order valence-corrected chi connectivity index (χ0v) is 38.0. The van der Waals surface area contributed by atoms with Gasteiger partial charge >= 0.3 is 35.9 Å². The number of halogens is 1. The van der Waals surface area contributed by atoms with Gasteiger partial charge in [-0.2, -0.15) is 0 Å². The lowest BCUT2D eigenvalue weighted by Gasteiger charge is -2.32. The van der Waals surface area contributed by atoms with Crippen LogP contribution in [-0.4, -0.2) is 201 Å². The number of benzene rings is 1. The second-order valence-electron chi connectivity index (χ2n) is 16.0. The Balaban J connectivity index is 1.96. The number of hydrogen-bond donors (Lipinski definition) is 7. The van der Waals surface area contributed by atoms with Gasteiger partial charge in [0.1, 0.15) is 23.7 Å². The van der Waals surface area contributed by atoms with Gasteiger partial charge in [0.2, 0.25) is 5.91 Å². The highest BCUT2D eigenvalue weighted by Gasteiger charge is 2.26. The molecule has 0 aromatic heterocycles. The standard InChI is InChI=1S/C42H64BrN7O14/c1-30(51)10-15-35(41(62)63)45-42(64)44-34(40(60)61)8-5-6-16-50(25-31-11-13-32(43)14-12-31)36(53)9-4-2-3-7-33(52)26-46-17-19-47(27-37(54)55)21-23-49(29-39(58)59)24-22-48(20-18-46)28-38(56)57/h11-14,34-35H,2-10,15-29H2,1H3,(H,54,55)(H,56,57)(H,58,59)(H,60,61)(H,62,63)(H2,44,45,64). The van der Waals surface area contributed by atoms with E-state index < -0.39 is 48.0 Å². The van der Waals surface area contributed by atoms with Crippen LogP contribution in [0.4, 0.5) is 4.79 Å². The SMILES string of the molecule is CC(=O)CCC(NC(=O)NC(CCCCN(Cc1ccc(Br)cc1)C(=O)CCCCCC(=O)CN1CCN(CC(=O)O)CCN(CC(=O)O)CCN(CC(=O)O)CC1)C(=O)O)C(=O)O. The molecule has 2 unspecified atom stereocenters. The summed E-state index contributed by atoms with van der Waals surface area (Å²) in [4.78, 5) is 117. The van der Waals surface area contributed by atoms with Gasteiger partial charge in [0.05, 0.1) is 26.2 Å². The van der Waals surface area contributed by atoms with Gasteiger partial charge < -0.3 is 45.9 Å². The number of unbranched alkanes of at least 4 members (excludes halogenated alkanes) is 3. The second kappa shape index (κ2) is 30.2. The fourth-order valence-electron chi connectivity index (χ4n) is 7.02. The van der Waals surface area contributed by atoms with E-state index in [1.54, 1.807) is 19.6 Å². The predicted octanol–water partition coefficient (Wildman–Crippen LogP) is 1.52. The van der Waals surface area contributed by atoms with Crippen molar-refractivity contribution in [1.29, 1.82) is 0 Å². The van der Waals surface area contributed by atoms with Crippen molar-refractivity contribution in [3.63, 3.8) is 0 Å². The molecule has 0 saturated carbocycles. The normalized spacial score (nSPS) is 15.7. The van der Waals surface area contributed by atoms with Crippen molar-refractivity contribution in [3.05, 3.63) is 34.3 Å². The first kappa shape index (κ1) is 55.1. The molecule has 1 aromatic rings. The smallest absolute Gasteiger partial charge is 0.326 e. The maximum Gasteiger partial charge on any atom is 0.326 e. The van der Waals surface area contributed by atoms with E-state index in [-0.39, 0.29) is 102 Å². The van der Waals surface area contributed by atoms with Crippen LogP contribution in [0.1, 0.15) is 76.7 Å². The number of aliphatic carboxylic acids is 5. The highest BCUT2D eigenvalue weighted by Crippen LogP contribution is 2.16. The first-order chi connectivity index (χ1) is 30.3. The number of Topliss-reactive ketones (excluding diaryl/α,β-unsaturated/α-hetero) is 2. The first-order valence-corrected chi connectivity index (χ1v) is 22.2. The van der Waals surface area contributed by atoms with Crippen molar-refractivity contribution in [1.82, 2.24) is 35.1 Å². The van der Waals surface area contributed by atoms with Gasteiger partial charge in [0.25, 0.3) is 0 Å². The van der Waals surface area contributed by atoms with Crippen LogP contribution in [0.25, 0.3) is 0 Å². The maximum absolute atomic E-state index is 13.5. The van der Waals surface area contributed by atoms with Crippen LogP contribution in [0.15, 0.2) is 28.7 Å². The average Bonchev–Trinajstić information content (AvgIpc) is 3.20. The van der Waals surface area contributed by atoms with E-state index in [1.165, 1.54) is 6.92 Å². The average molecular weight is 971 g/mol. The van der Waals surface area contributed by atoms with Crippen LogP contribution in [-0.2, 0) is 44.9 Å². The summed E-state index contributed by atoms with van der Waals surface area (Å²) in [7, 11) is 0. The van der Waals surface area contributed by atoms with Gasteiger partial charge in [-0.1, -0.05) is 34.5 Å². The van der Waals surface area contributed by atoms with E-state index in [0.717, 1.165) is 10.0 Å². The Kier molecular flexibility index (Phi) is 26.0. The molecule has 64 heavy (non-hydrogen) atoms. The predicted molar refractivity (Wildman–Crippen MR) is 235 cm³/mol. The van der Waals surface area contributed by atoms with Crippen molar-refractivity contribution in [3.8, 4) is 0 Å². The number of carbonyl (C=O) groups excluding carboxylic acids is 4. The molecule has 1 aromatic carbocycles. The Labute approximate surface area is 381 Å². The summed E-state index contributed by atoms with van der Waals surface area (Å²) >= 11 is 3.41. The molecule has 0 aliphatic carbocycles. The van der Waals surface area contributed by atoms with Gasteiger partial charge in [-0.3, -0.25) is 43.6 Å². The number of rotatable bonds is 28. The fourth-order valence-corrected chi connectivity index (χ4v) is 7.28. The van der Waals surface area contributed by atoms with Gasteiger partial charge in [0.15, 0.2) is 0 Å². The molecule has 2 atom stereocenters. The van der Waals surface area contributed by atoms with Gasteiger partial charge in [-0.15, -0.1) is 0 Å². The van der Waals surface area contributed by atoms with Gasteiger partial charge in [-0.25, -0.2) is 14.4 Å². The summed E-state index contributed by atoms with van der Waals surface area (Å²) < 4.78 is 0.864. The molecule has 22 heteroatoms. The van der Waals surface area contributed by atoms with Crippen LogP contribution in [0.3, 0.4) is 0 Å². The monoisotopic (exact) mass is 969 g/mol. The Hall–Kier alpha value is -5.03. The zero-order valence-electron chi connectivity index (χ0n) is 36.5. The van der Waals surface area contributed by atoms with Crippen LogP contribution in [0.2, 0.25) is 0 Å². The first-order valence-electron chi connectivity index (χ1n) is 21.4. The van der Waals surface area contributed by atoms with Crippen LogP contribution < -0.4 is 10.6 Å². The minimum atomic E-state index is -1.38. The molecule has 1 fully saturated rings. The van der Waals surface area contributed by atoms with E-state index in [9.17, 15) is 68.7 Å². The third-order valence-corrected chi connectivity index (χ3v) is 11.1. The Bertz CT molecular complexity index is 1690. The summed E-state index contributed by atoms with van der Waals surface area (Å²) in [6.45, 7) is 3.48. The fraction of sp³-hybridized carbons (Fsp3) is 0.643. The lowest BCUT2D eigenvalue weighted by molar-refractivity contribution is -0.140. The van der Waals surface area contributed by atoms with Crippen molar-refractivity contribution < 1.29 is 68.7 Å². The number of nitrogens with one attached hydrogen (secondary N) is 2. The lowest BCUT2D eigenvalue weighted by Crippen LogP contribution is -2.51. The number of urea groups is 1. The lowest BCUT2D eigenvalue weighted by atomic mass is 10.1. The molecule has 1 heterocycles. The van der Waals surface area contributed by atoms with E-state index in [2.05, 4.69) is 26.6 Å². The highest BCUT2D eigenvalue weighted by atomic mass is 79.9. The summed E-state index contributed by atoms with van der Waals surface area (Å²) in [6, 6.07) is 3.76. The van der Waals surface area contributed by atoms with Crippen molar-refractivity contribution in [2.24, 2.45) is 0 Å². The minimum absolute atomic E-state index is 0.00816. The minimum Gasteiger partial charge on any atom is -0.480 e. The molecule has 0 radical (unpaired) electrons. The van der Waals surface area contributed by atoms with E-state index >= 15 is 0 Å². The number of ketones is 2. The molecule has 2 rings (SSSR count). The van der Waals surface area contributed by atoms with Crippen molar-refractivity contribution in [2.45, 2.75) is 89.8 Å². The van der Waals surface area contributed by atoms with Crippen LogP contribution in [0, 0.1) is 0 Å². The topological polar surface area (TPSA) is 295 Å². The summed E-state index contributed by atoms with van der Waals surface area (Å²) in [6.07, 6.45) is 2.55. The maximum atomic E-state index is 13.5. The molecule has 1 aliphatic heterocycles. The number of nitrogens with zero attached hydrogens (tertiary/aromatic N) is 5. The Morgan fingerprint density at radius 1 is 0.578 bits per heavy atom. The van der Waals surface area contributed by atoms with E-state index in [4.69, 9.17) is 0 Å². The second-order valence-corrected chi connectivity index (χ2v) is 16.9. The summed E-state index contributed by atoms with van der Waals surface area (Å²) in [5.74, 6) is -6.25. The van der Waals surface area contributed by atoms with E-state index in [0.29, 0.717) is 71.4 Å². The van der Waals surface area contributed by atoms with Crippen molar-refractivity contribution in [2.75, 3.05) is 85.1 Å². The molecule has 1 aliphatic rings. The molecule has 21 nitrogen and oxygen atoms in total. The Morgan fingerprint density at radius 3 is 1.45 bits per heavy atom. The molecule has 7 N–H and O–H groups in total. The van der Waals surface area contributed by atoms with E-state index in [1.807, 2.05) is 29.2 Å². The third kappa shape index (κ3) is 24.7.